The van der Waals surface area contributed by atoms with Gasteiger partial charge < -0.3 is 14.2 Å². The van der Waals surface area contributed by atoms with Crippen molar-refractivity contribution >= 4 is 34.2 Å². The van der Waals surface area contributed by atoms with Gasteiger partial charge in [0.2, 0.25) is 0 Å². The normalized spacial score (nSPS) is 12.6. The van der Waals surface area contributed by atoms with E-state index in [1.807, 2.05) is 24.3 Å². The zero-order chi connectivity index (χ0) is 13.2. The first-order valence-corrected chi connectivity index (χ1v) is 7.68. The van der Waals surface area contributed by atoms with Crippen molar-refractivity contribution in [1.29, 1.82) is 0 Å². The molecule has 18 heavy (non-hydrogen) atoms. The number of alkyl halides is 1. The molecule has 1 rings (SSSR count). The van der Waals surface area contributed by atoms with Crippen LogP contribution in [0.3, 0.4) is 0 Å². The van der Waals surface area contributed by atoms with E-state index in [9.17, 15) is 0 Å². The summed E-state index contributed by atoms with van der Waals surface area (Å²) >= 11 is 8.45. The van der Waals surface area contributed by atoms with Crippen LogP contribution in [0.2, 0.25) is 5.02 Å². The van der Waals surface area contributed by atoms with Crippen LogP contribution in [0.4, 0.5) is 0 Å². The SMILES string of the molecule is COCCOCCOC(CI)c1ccccc1Cl. The van der Waals surface area contributed by atoms with Crippen molar-refractivity contribution in [2.45, 2.75) is 6.10 Å². The van der Waals surface area contributed by atoms with E-state index >= 15 is 0 Å². The first kappa shape index (κ1) is 16.2. The van der Waals surface area contributed by atoms with E-state index in [0.29, 0.717) is 26.4 Å². The van der Waals surface area contributed by atoms with Crippen molar-refractivity contribution in [2.75, 3.05) is 38.0 Å². The Hall–Kier alpha value is 0.120. The lowest BCUT2D eigenvalue weighted by Gasteiger charge is -2.17. The van der Waals surface area contributed by atoms with Crippen molar-refractivity contribution in [3.05, 3.63) is 34.9 Å². The van der Waals surface area contributed by atoms with E-state index in [0.717, 1.165) is 15.0 Å². The van der Waals surface area contributed by atoms with Gasteiger partial charge in [-0.05, 0) is 6.07 Å². The number of halogens is 2. The number of ether oxygens (including phenoxy) is 3. The van der Waals surface area contributed by atoms with E-state index in [-0.39, 0.29) is 6.10 Å². The lowest BCUT2D eigenvalue weighted by atomic mass is 10.1. The van der Waals surface area contributed by atoms with Gasteiger partial charge in [-0.15, -0.1) is 0 Å². The maximum atomic E-state index is 6.15. The van der Waals surface area contributed by atoms with Crippen LogP contribution in [-0.4, -0.2) is 38.0 Å². The summed E-state index contributed by atoms with van der Waals surface area (Å²) in [5, 5.41) is 0.750. The molecule has 0 radical (unpaired) electrons. The van der Waals surface area contributed by atoms with Crippen LogP contribution in [0.1, 0.15) is 11.7 Å². The minimum atomic E-state index is 0.0188. The molecule has 0 aliphatic rings. The van der Waals surface area contributed by atoms with Gasteiger partial charge in [0.25, 0.3) is 0 Å². The molecular weight excluding hydrogens is 366 g/mol. The summed E-state index contributed by atoms with van der Waals surface area (Å²) in [5.74, 6) is 0. The average molecular weight is 385 g/mol. The molecule has 0 fully saturated rings. The smallest absolute Gasteiger partial charge is 0.0929 e. The molecule has 1 atom stereocenters. The summed E-state index contributed by atoms with van der Waals surface area (Å²) in [6, 6.07) is 7.77. The second-order valence-electron chi connectivity index (χ2n) is 3.64. The second-order valence-corrected chi connectivity index (χ2v) is 4.93. The number of hydrogen-bond donors (Lipinski definition) is 0. The van der Waals surface area contributed by atoms with E-state index < -0.39 is 0 Å². The third-order valence-corrected chi connectivity index (χ3v) is 3.51. The van der Waals surface area contributed by atoms with E-state index in [4.69, 9.17) is 25.8 Å². The molecule has 0 aliphatic carbocycles. The maximum absolute atomic E-state index is 6.15. The molecule has 0 aromatic heterocycles. The highest BCUT2D eigenvalue weighted by Crippen LogP contribution is 2.26. The Morgan fingerprint density at radius 2 is 1.89 bits per heavy atom. The first-order valence-electron chi connectivity index (χ1n) is 5.78. The van der Waals surface area contributed by atoms with Crippen molar-refractivity contribution in [1.82, 2.24) is 0 Å². The number of hydrogen-bond acceptors (Lipinski definition) is 3. The van der Waals surface area contributed by atoms with Crippen molar-refractivity contribution in [3.8, 4) is 0 Å². The summed E-state index contributed by atoms with van der Waals surface area (Å²) in [6.07, 6.45) is 0.0188. The van der Waals surface area contributed by atoms with Gasteiger partial charge in [0, 0.05) is 22.1 Å². The Bertz CT molecular complexity index is 336. The Morgan fingerprint density at radius 1 is 1.17 bits per heavy atom. The van der Waals surface area contributed by atoms with Crippen molar-refractivity contribution in [2.24, 2.45) is 0 Å². The van der Waals surface area contributed by atoms with Gasteiger partial charge in [-0.2, -0.15) is 0 Å². The fourth-order valence-corrected chi connectivity index (χ4v) is 2.43. The maximum Gasteiger partial charge on any atom is 0.0929 e. The van der Waals surface area contributed by atoms with Gasteiger partial charge in [-0.1, -0.05) is 52.4 Å². The molecule has 1 aromatic rings. The van der Waals surface area contributed by atoms with Crippen molar-refractivity contribution < 1.29 is 14.2 Å². The lowest BCUT2D eigenvalue weighted by molar-refractivity contribution is 0.00125. The van der Waals surface area contributed by atoms with E-state index in [2.05, 4.69) is 22.6 Å². The number of methoxy groups -OCH3 is 1. The van der Waals surface area contributed by atoms with E-state index in [1.54, 1.807) is 7.11 Å². The molecule has 1 unspecified atom stereocenters. The van der Waals surface area contributed by atoms with Crippen LogP contribution < -0.4 is 0 Å². The van der Waals surface area contributed by atoms with Gasteiger partial charge in [-0.3, -0.25) is 0 Å². The van der Waals surface area contributed by atoms with Gasteiger partial charge in [-0.25, -0.2) is 0 Å². The predicted octanol–water partition coefficient (Wildman–Crippen LogP) is 3.50. The number of benzene rings is 1. The topological polar surface area (TPSA) is 27.7 Å². The quantitative estimate of drug-likeness (QED) is 0.370. The summed E-state index contributed by atoms with van der Waals surface area (Å²) in [6.45, 7) is 2.34. The van der Waals surface area contributed by atoms with Crippen LogP contribution in [-0.2, 0) is 14.2 Å². The molecule has 5 heteroatoms. The Morgan fingerprint density at radius 3 is 2.56 bits per heavy atom. The molecule has 0 N–H and O–H groups in total. The molecule has 0 amide bonds. The highest BCUT2D eigenvalue weighted by molar-refractivity contribution is 14.1. The zero-order valence-electron chi connectivity index (χ0n) is 10.4. The molecule has 0 spiro atoms. The largest absolute Gasteiger partial charge is 0.382 e. The molecule has 0 aliphatic heterocycles. The Balaban J connectivity index is 2.32. The molecule has 3 nitrogen and oxygen atoms in total. The molecule has 0 bridgehead atoms. The zero-order valence-corrected chi connectivity index (χ0v) is 13.3. The van der Waals surface area contributed by atoms with Crippen LogP contribution in [0, 0.1) is 0 Å². The summed E-state index contributed by atoms with van der Waals surface area (Å²) < 4.78 is 16.9. The molecule has 0 saturated carbocycles. The minimum absolute atomic E-state index is 0.0188. The molecule has 0 heterocycles. The monoisotopic (exact) mass is 384 g/mol. The highest BCUT2D eigenvalue weighted by atomic mass is 127. The standard InChI is InChI=1S/C13H18ClIO3/c1-16-6-7-17-8-9-18-13(10-15)11-4-2-3-5-12(11)14/h2-5,13H,6-10H2,1H3. The average Bonchev–Trinajstić information content (AvgIpc) is 2.39. The summed E-state index contributed by atoms with van der Waals surface area (Å²) in [5.41, 5.74) is 1.03. The molecular formula is C13H18ClIO3. The van der Waals surface area contributed by atoms with Crippen LogP contribution in [0.15, 0.2) is 24.3 Å². The third-order valence-electron chi connectivity index (χ3n) is 2.37. The summed E-state index contributed by atoms with van der Waals surface area (Å²) in [7, 11) is 1.66. The predicted molar refractivity (Wildman–Crippen MR) is 81.7 cm³/mol. The first-order chi connectivity index (χ1) is 8.79. The fraction of sp³-hybridized carbons (Fsp3) is 0.538. The Labute approximate surface area is 127 Å². The van der Waals surface area contributed by atoms with Crippen LogP contribution >= 0.6 is 34.2 Å². The van der Waals surface area contributed by atoms with Crippen molar-refractivity contribution in [3.63, 3.8) is 0 Å². The third kappa shape index (κ3) is 5.84. The van der Waals surface area contributed by atoms with Gasteiger partial charge >= 0.3 is 0 Å². The minimum Gasteiger partial charge on any atom is -0.382 e. The van der Waals surface area contributed by atoms with Crippen LogP contribution in [0.25, 0.3) is 0 Å². The van der Waals surface area contributed by atoms with Gasteiger partial charge in [0.15, 0.2) is 0 Å². The highest BCUT2D eigenvalue weighted by Gasteiger charge is 2.13. The number of rotatable bonds is 9. The van der Waals surface area contributed by atoms with E-state index in [1.165, 1.54) is 0 Å². The molecule has 1 aromatic carbocycles. The molecule has 102 valence electrons. The molecule has 0 saturated heterocycles. The van der Waals surface area contributed by atoms with Gasteiger partial charge in [0.1, 0.15) is 0 Å². The Kier molecular flexibility index (Phi) is 8.96. The summed E-state index contributed by atoms with van der Waals surface area (Å²) in [4.78, 5) is 0. The fourth-order valence-electron chi connectivity index (χ4n) is 1.45. The van der Waals surface area contributed by atoms with Crippen LogP contribution in [0.5, 0.6) is 0 Å². The second kappa shape index (κ2) is 9.97. The van der Waals surface area contributed by atoms with Gasteiger partial charge in [0.05, 0.1) is 32.5 Å². The lowest BCUT2D eigenvalue weighted by Crippen LogP contribution is -2.13.